The molecule has 3 heteroatoms. The van der Waals surface area contributed by atoms with Gasteiger partial charge in [-0.25, -0.2) is 4.39 Å². The Morgan fingerprint density at radius 2 is 2.06 bits per heavy atom. The standard InChI is InChI=1S/C13H16FNO/c1-2-3-6-9-13(14)10-7-4-5-8-11(10)15-12(13)16/h4-5,7-8H,2-3,6,9H2,1H3,(H,15,16). The third-order valence-corrected chi connectivity index (χ3v) is 3.09. The molecule has 16 heavy (non-hydrogen) atoms. The van der Waals surface area contributed by atoms with Gasteiger partial charge in [0.05, 0.1) is 0 Å². The van der Waals surface area contributed by atoms with E-state index in [2.05, 4.69) is 12.2 Å². The zero-order valence-corrected chi connectivity index (χ0v) is 9.42. The van der Waals surface area contributed by atoms with Gasteiger partial charge in [-0.1, -0.05) is 38.0 Å². The van der Waals surface area contributed by atoms with Crippen LogP contribution in [0.4, 0.5) is 10.1 Å². The topological polar surface area (TPSA) is 29.1 Å². The normalized spacial score (nSPS) is 23.0. The third-order valence-electron chi connectivity index (χ3n) is 3.09. The van der Waals surface area contributed by atoms with Gasteiger partial charge in [-0.05, 0) is 18.9 Å². The summed E-state index contributed by atoms with van der Waals surface area (Å²) in [4.78, 5) is 11.7. The fourth-order valence-corrected chi connectivity index (χ4v) is 2.15. The molecule has 0 bridgehead atoms. The van der Waals surface area contributed by atoms with Crippen LogP contribution >= 0.6 is 0 Å². The van der Waals surface area contributed by atoms with Crippen molar-refractivity contribution < 1.29 is 9.18 Å². The van der Waals surface area contributed by atoms with Crippen molar-refractivity contribution in [3.05, 3.63) is 29.8 Å². The maximum Gasteiger partial charge on any atom is 0.266 e. The number of nitrogens with one attached hydrogen (secondary N) is 1. The molecular weight excluding hydrogens is 205 g/mol. The highest BCUT2D eigenvalue weighted by Crippen LogP contribution is 2.42. The Labute approximate surface area is 94.9 Å². The second-order valence-electron chi connectivity index (χ2n) is 4.26. The van der Waals surface area contributed by atoms with Crippen molar-refractivity contribution >= 4 is 11.6 Å². The Kier molecular flexibility index (Phi) is 2.95. The van der Waals surface area contributed by atoms with Crippen molar-refractivity contribution in [2.45, 2.75) is 38.3 Å². The van der Waals surface area contributed by atoms with Crippen molar-refractivity contribution in [3.8, 4) is 0 Å². The van der Waals surface area contributed by atoms with Crippen LogP contribution in [0.2, 0.25) is 0 Å². The van der Waals surface area contributed by atoms with Crippen LogP contribution in [0.3, 0.4) is 0 Å². The Morgan fingerprint density at radius 1 is 1.31 bits per heavy atom. The van der Waals surface area contributed by atoms with Crippen LogP contribution in [0, 0.1) is 0 Å². The van der Waals surface area contributed by atoms with Gasteiger partial charge in [0.15, 0.2) is 0 Å². The Balaban J connectivity index is 2.23. The molecule has 2 nitrogen and oxygen atoms in total. The lowest BCUT2D eigenvalue weighted by Gasteiger charge is -2.17. The highest BCUT2D eigenvalue weighted by atomic mass is 19.1. The van der Waals surface area contributed by atoms with E-state index in [-0.39, 0.29) is 6.42 Å². The van der Waals surface area contributed by atoms with E-state index in [0.717, 1.165) is 19.3 Å². The van der Waals surface area contributed by atoms with E-state index >= 15 is 0 Å². The highest BCUT2D eigenvalue weighted by molar-refractivity contribution is 6.04. The van der Waals surface area contributed by atoms with Gasteiger partial charge in [0.25, 0.3) is 5.91 Å². The molecule has 0 aromatic heterocycles. The molecule has 1 N–H and O–H groups in total. The summed E-state index contributed by atoms with van der Waals surface area (Å²) >= 11 is 0. The fourth-order valence-electron chi connectivity index (χ4n) is 2.15. The van der Waals surface area contributed by atoms with E-state index in [1.807, 2.05) is 0 Å². The first kappa shape index (κ1) is 11.1. The number of carbonyl (C=O) groups is 1. The summed E-state index contributed by atoms with van der Waals surface area (Å²) in [6, 6.07) is 7.01. The van der Waals surface area contributed by atoms with E-state index in [1.54, 1.807) is 24.3 Å². The minimum absolute atomic E-state index is 0.281. The first-order chi connectivity index (χ1) is 7.68. The summed E-state index contributed by atoms with van der Waals surface area (Å²) < 4.78 is 14.6. The molecule has 2 rings (SSSR count). The molecule has 0 saturated heterocycles. The number of hydrogen-bond donors (Lipinski definition) is 1. The Hall–Kier alpha value is -1.38. The lowest BCUT2D eigenvalue weighted by molar-refractivity contribution is -0.127. The average molecular weight is 221 g/mol. The first-order valence-electron chi connectivity index (χ1n) is 5.78. The summed E-state index contributed by atoms with van der Waals surface area (Å²) in [6.45, 7) is 2.06. The second kappa shape index (κ2) is 4.24. The number of unbranched alkanes of at least 4 members (excludes halogenated alkanes) is 2. The van der Waals surface area contributed by atoms with Crippen LogP contribution in [0.25, 0.3) is 0 Å². The Bertz CT molecular complexity index is 405. The van der Waals surface area contributed by atoms with E-state index < -0.39 is 11.6 Å². The van der Waals surface area contributed by atoms with Gasteiger partial charge in [0.1, 0.15) is 0 Å². The lowest BCUT2D eigenvalue weighted by Crippen LogP contribution is -2.29. The van der Waals surface area contributed by atoms with Crippen LogP contribution in [-0.4, -0.2) is 5.91 Å². The fraction of sp³-hybridized carbons (Fsp3) is 0.462. The number of halogens is 1. The van der Waals surface area contributed by atoms with Gasteiger partial charge in [0.2, 0.25) is 5.67 Å². The Morgan fingerprint density at radius 3 is 2.81 bits per heavy atom. The maximum atomic E-state index is 14.6. The molecule has 0 saturated carbocycles. The minimum Gasteiger partial charge on any atom is -0.323 e. The first-order valence-corrected chi connectivity index (χ1v) is 5.78. The SMILES string of the molecule is CCCCCC1(F)C(=O)Nc2ccccc21. The summed E-state index contributed by atoms with van der Waals surface area (Å²) in [6.07, 6.45) is 3.01. The van der Waals surface area contributed by atoms with Crippen LogP contribution in [0.1, 0.15) is 38.2 Å². The number of benzene rings is 1. The van der Waals surface area contributed by atoms with Crippen molar-refractivity contribution in [1.29, 1.82) is 0 Å². The molecule has 0 fully saturated rings. The van der Waals surface area contributed by atoms with Crippen LogP contribution in [0.5, 0.6) is 0 Å². The number of para-hydroxylation sites is 1. The summed E-state index contributed by atoms with van der Waals surface area (Å²) in [5.74, 6) is -0.509. The second-order valence-corrected chi connectivity index (χ2v) is 4.26. The molecule has 1 unspecified atom stereocenters. The highest BCUT2D eigenvalue weighted by Gasteiger charge is 2.46. The van der Waals surface area contributed by atoms with Crippen molar-refractivity contribution in [2.75, 3.05) is 5.32 Å². The quantitative estimate of drug-likeness (QED) is 0.776. The molecule has 1 atom stereocenters. The molecule has 1 aliphatic heterocycles. The molecule has 1 aromatic carbocycles. The van der Waals surface area contributed by atoms with Crippen molar-refractivity contribution in [3.63, 3.8) is 0 Å². The summed E-state index contributed by atoms with van der Waals surface area (Å²) in [7, 11) is 0. The van der Waals surface area contributed by atoms with Crippen molar-refractivity contribution in [1.82, 2.24) is 0 Å². The molecule has 0 spiro atoms. The average Bonchev–Trinajstić information content (AvgIpc) is 2.53. The smallest absolute Gasteiger partial charge is 0.266 e. The zero-order valence-electron chi connectivity index (χ0n) is 9.42. The largest absolute Gasteiger partial charge is 0.323 e. The van der Waals surface area contributed by atoms with E-state index in [0.29, 0.717) is 11.3 Å². The molecule has 0 radical (unpaired) electrons. The van der Waals surface area contributed by atoms with Crippen molar-refractivity contribution in [2.24, 2.45) is 0 Å². The monoisotopic (exact) mass is 221 g/mol. The van der Waals surface area contributed by atoms with Gasteiger partial charge in [0, 0.05) is 11.3 Å². The molecule has 1 amide bonds. The number of rotatable bonds is 4. The van der Waals surface area contributed by atoms with Gasteiger partial charge < -0.3 is 5.32 Å². The minimum atomic E-state index is -1.81. The van der Waals surface area contributed by atoms with Crippen LogP contribution in [0.15, 0.2) is 24.3 Å². The molecule has 1 aliphatic rings. The number of anilines is 1. The predicted molar refractivity (Wildman–Crippen MR) is 62.0 cm³/mol. The van der Waals surface area contributed by atoms with Crippen LogP contribution < -0.4 is 5.32 Å². The van der Waals surface area contributed by atoms with E-state index in [4.69, 9.17) is 0 Å². The molecule has 1 aromatic rings. The number of hydrogen-bond acceptors (Lipinski definition) is 1. The number of carbonyl (C=O) groups excluding carboxylic acids is 1. The van der Waals surface area contributed by atoms with E-state index in [1.165, 1.54) is 0 Å². The number of alkyl halides is 1. The van der Waals surface area contributed by atoms with Gasteiger partial charge in [-0.15, -0.1) is 0 Å². The molecule has 1 heterocycles. The predicted octanol–water partition coefficient (Wildman–Crippen LogP) is 3.38. The molecule has 86 valence electrons. The molecule has 0 aliphatic carbocycles. The summed E-state index contributed by atoms with van der Waals surface area (Å²) in [5, 5.41) is 2.60. The van der Waals surface area contributed by atoms with Gasteiger partial charge >= 0.3 is 0 Å². The number of amides is 1. The lowest BCUT2D eigenvalue weighted by atomic mass is 9.91. The zero-order chi connectivity index (χ0) is 11.6. The third kappa shape index (κ3) is 1.70. The van der Waals surface area contributed by atoms with Crippen LogP contribution in [-0.2, 0) is 10.5 Å². The molecular formula is C13H16FNO. The van der Waals surface area contributed by atoms with E-state index in [9.17, 15) is 9.18 Å². The summed E-state index contributed by atoms with van der Waals surface area (Å²) in [5.41, 5.74) is -0.700. The van der Waals surface area contributed by atoms with Gasteiger partial charge in [-0.3, -0.25) is 4.79 Å². The number of fused-ring (bicyclic) bond motifs is 1. The van der Waals surface area contributed by atoms with Gasteiger partial charge in [-0.2, -0.15) is 0 Å². The maximum absolute atomic E-state index is 14.6.